The van der Waals surface area contributed by atoms with Crippen LogP contribution in [0.1, 0.15) is 51.7 Å². The Morgan fingerprint density at radius 1 is 0.395 bits per heavy atom. The number of aryl methyl sites for hydroxylation is 1. The zero-order chi connectivity index (χ0) is 57.4. The van der Waals surface area contributed by atoms with Gasteiger partial charge in [-0.2, -0.15) is 0 Å². The minimum absolute atomic E-state index is 0.172. The van der Waals surface area contributed by atoms with Crippen LogP contribution in [-0.4, -0.2) is 15.8 Å². The Morgan fingerprint density at radius 3 is 1.34 bits per heavy atom. The third-order valence-corrected chi connectivity index (χ3v) is 18.6. The lowest BCUT2D eigenvalue weighted by Crippen LogP contribution is -2.61. The molecule has 0 N–H and O–H groups in total. The third kappa shape index (κ3) is 7.51. The van der Waals surface area contributed by atoms with E-state index in [2.05, 4.69) is 307 Å². The van der Waals surface area contributed by atoms with Crippen molar-refractivity contribution < 1.29 is 4.42 Å². The SMILES string of the molecule is CCCCc1ccc2oc3ccccc3c2c1N1c2cc(-n3c4ccccc4c4ccccc43)ccc2B2c3ccc(-n4c5ccccc5c5ccccc54)cc3N(c3c(-c4ccccc4)cccc3-c3ccccc3)c3cc(C(C)(C)C)cc1c32. The van der Waals surface area contributed by atoms with E-state index in [1.807, 2.05) is 0 Å². The topological polar surface area (TPSA) is 29.5 Å². The molecule has 0 fully saturated rings. The normalized spacial score (nSPS) is 13.0. The first kappa shape index (κ1) is 50.2. The fraction of sp³-hybridized carbons (Fsp3) is 0.100. The molecule has 17 rings (SSSR count). The van der Waals surface area contributed by atoms with Gasteiger partial charge in [-0.15, -0.1) is 0 Å². The molecule has 0 aliphatic carbocycles. The molecule has 410 valence electrons. The van der Waals surface area contributed by atoms with E-state index in [4.69, 9.17) is 4.42 Å². The van der Waals surface area contributed by atoms with Gasteiger partial charge in [-0.25, -0.2) is 0 Å². The van der Waals surface area contributed by atoms with E-state index in [0.29, 0.717) is 0 Å². The number of hydrogen-bond donors (Lipinski definition) is 0. The van der Waals surface area contributed by atoms with E-state index in [1.54, 1.807) is 0 Å². The smallest absolute Gasteiger partial charge is 0.252 e. The molecule has 12 aromatic carbocycles. The van der Waals surface area contributed by atoms with Crippen molar-refractivity contribution in [2.45, 2.75) is 52.4 Å². The van der Waals surface area contributed by atoms with Gasteiger partial charge < -0.3 is 23.4 Å². The Balaban J connectivity index is 1.05. The lowest BCUT2D eigenvalue weighted by atomic mass is 9.33. The predicted octanol–water partition coefficient (Wildman–Crippen LogP) is 19.8. The van der Waals surface area contributed by atoms with Crippen molar-refractivity contribution >= 4 is 123 Å². The van der Waals surface area contributed by atoms with E-state index >= 15 is 0 Å². The number of hydrogen-bond acceptors (Lipinski definition) is 3. The number of benzene rings is 12. The molecule has 2 aliphatic heterocycles. The summed E-state index contributed by atoms with van der Waals surface area (Å²) < 4.78 is 11.9. The lowest BCUT2D eigenvalue weighted by molar-refractivity contribution is 0.590. The summed E-state index contributed by atoms with van der Waals surface area (Å²) in [5, 5.41) is 7.22. The molecule has 0 radical (unpaired) electrons. The second-order valence-corrected chi connectivity index (χ2v) is 24.6. The van der Waals surface area contributed by atoms with Crippen molar-refractivity contribution in [3.05, 3.63) is 272 Å². The summed E-state index contributed by atoms with van der Waals surface area (Å²) in [6.45, 7) is 9.28. The van der Waals surface area contributed by atoms with Gasteiger partial charge in [0.1, 0.15) is 11.2 Å². The van der Waals surface area contributed by atoms with Gasteiger partial charge in [-0.05, 0) is 130 Å². The molecular formula is C80H61BN4O. The van der Waals surface area contributed by atoms with Crippen LogP contribution in [0.3, 0.4) is 0 Å². The zero-order valence-corrected chi connectivity index (χ0v) is 48.7. The number of nitrogens with zero attached hydrogens (tertiary/aromatic N) is 4. The van der Waals surface area contributed by atoms with Gasteiger partial charge in [0.05, 0.1) is 38.8 Å². The molecule has 6 heteroatoms. The van der Waals surface area contributed by atoms with Gasteiger partial charge in [-0.3, -0.25) is 0 Å². The molecule has 5 heterocycles. The Bertz CT molecular complexity index is 5070. The Kier molecular flexibility index (Phi) is 11.3. The van der Waals surface area contributed by atoms with Gasteiger partial charge in [0, 0.05) is 72.2 Å². The van der Waals surface area contributed by atoms with E-state index in [1.165, 1.54) is 88.2 Å². The highest BCUT2D eigenvalue weighted by Gasteiger charge is 2.46. The molecule has 0 unspecified atom stereocenters. The lowest BCUT2D eigenvalue weighted by Gasteiger charge is -2.46. The highest BCUT2D eigenvalue weighted by molar-refractivity contribution is 7.00. The number of fused-ring (bicyclic) bond motifs is 13. The van der Waals surface area contributed by atoms with Crippen molar-refractivity contribution in [3.8, 4) is 33.6 Å². The van der Waals surface area contributed by atoms with Gasteiger partial charge in [0.25, 0.3) is 6.71 Å². The van der Waals surface area contributed by atoms with E-state index < -0.39 is 0 Å². The van der Waals surface area contributed by atoms with Crippen LogP contribution in [-0.2, 0) is 11.8 Å². The molecule has 0 saturated carbocycles. The Labute approximate surface area is 501 Å². The third-order valence-electron chi connectivity index (χ3n) is 18.6. The van der Waals surface area contributed by atoms with E-state index in [-0.39, 0.29) is 12.1 Å². The minimum Gasteiger partial charge on any atom is -0.456 e. The van der Waals surface area contributed by atoms with Crippen LogP contribution in [0, 0.1) is 0 Å². The average Bonchev–Trinajstić information content (AvgIpc) is 0.759. The number of anilines is 6. The van der Waals surface area contributed by atoms with Gasteiger partial charge >= 0.3 is 0 Å². The van der Waals surface area contributed by atoms with E-state index in [0.717, 1.165) is 91.9 Å². The molecular weight excluding hydrogens is 1040 g/mol. The number of furan rings is 1. The van der Waals surface area contributed by atoms with Gasteiger partial charge in [0.15, 0.2) is 0 Å². The number of unbranched alkanes of at least 4 members (excludes halogenated alkanes) is 1. The summed E-state index contributed by atoms with van der Waals surface area (Å²) in [6, 6.07) is 97.7. The highest BCUT2D eigenvalue weighted by atomic mass is 16.3. The predicted molar refractivity (Wildman–Crippen MR) is 365 cm³/mol. The number of para-hydroxylation sites is 6. The summed E-state index contributed by atoms with van der Waals surface area (Å²) in [6.07, 6.45) is 3.03. The fourth-order valence-corrected chi connectivity index (χ4v) is 14.7. The van der Waals surface area contributed by atoms with E-state index in [9.17, 15) is 0 Å². The maximum Gasteiger partial charge on any atom is 0.252 e. The average molecular weight is 1110 g/mol. The van der Waals surface area contributed by atoms with Crippen molar-refractivity contribution in [2.24, 2.45) is 0 Å². The van der Waals surface area contributed by atoms with Crippen molar-refractivity contribution in [3.63, 3.8) is 0 Å². The quantitative estimate of drug-likeness (QED) is 0.135. The summed E-state index contributed by atoms with van der Waals surface area (Å²) in [4.78, 5) is 5.38. The molecule has 86 heavy (non-hydrogen) atoms. The first-order chi connectivity index (χ1) is 42.3. The summed E-state index contributed by atoms with van der Waals surface area (Å²) in [5.41, 5.74) is 26.4. The van der Waals surface area contributed by atoms with Crippen LogP contribution in [0.5, 0.6) is 0 Å². The maximum absolute atomic E-state index is 6.94. The Hall–Kier alpha value is -10.3. The zero-order valence-electron chi connectivity index (χ0n) is 48.7. The summed E-state index contributed by atoms with van der Waals surface area (Å²) in [7, 11) is 0. The maximum atomic E-state index is 6.94. The standard InChI is InChI=1S/C80H61BN4O/c1-5-6-24-53-41-46-75-76(63-33-17-22-40-74(63)86-75)78(53)84-70-49-55(82-66-36-18-13-29-59(66)60-30-14-19-37-67(60)82)42-44-64(70)81-65-45-43-56(83-68-38-20-15-31-61(68)62-32-16-21-39-69(62)83)50-71(65)85(73-48-54(80(2,3)4)47-72(84)77(73)81)79-57(51-25-9-7-10-26-51)34-23-35-58(79)52-27-11-8-12-28-52/h7-23,25-50H,5-6,24H2,1-4H3. The molecule has 2 aliphatic rings. The molecule has 0 atom stereocenters. The monoisotopic (exact) mass is 1100 g/mol. The van der Waals surface area contributed by atoms with Crippen molar-refractivity contribution in [1.82, 2.24) is 9.13 Å². The fourth-order valence-electron chi connectivity index (χ4n) is 14.7. The van der Waals surface area contributed by atoms with Crippen LogP contribution in [0.2, 0.25) is 0 Å². The molecule has 3 aromatic heterocycles. The first-order valence-electron chi connectivity index (χ1n) is 30.5. The highest BCUT2D eigenvalue weighted by Crippen LogP contribution is 2.54. The Morgan fingerprint density at radius 2 is 0.849 bits per heavy atom. The molecule has 0 bridgehead atoms. The van der Waals surface area contributed by atoms with Crippen LogP contribution in [0.4, 0.5) is 34.1 Å². The molecule has 0 spiro atoms. The second kappa shape index (κ2) is 19.4. The molecule has 5 nitrogen and oxygen atoms in total. The number of aromatic nitrogens is 2. The van der Waals surface area contributed by atoms with Crippen LogP contribution in [0.25, 0.3) is 99.2 Å². The first-order valence-corrected chi connectivity index (χ1v) is 30.5. The van der Waals surface area contributed by atoms with Crippen LogP contribution >= 0.6 is 0 Å². The second-order valence-electron chi connectivity index (χ2n) is 24.6. The molecule has 0 amide bonds. The van der Waals surface area contributed by atoms with Crippen molar-refractivity contribution in [2.75, 3.05) is 9.80 Å². The minimum atomic E-state index is -0.269. The van der Waals surface area contributed by atoms with Gasteiger partial charge in [0.2, 0.25) is 0 Å². The van der Waals surface area contributed by atoms with Crippen molar-refractivity contribution in [1.29, 1.82) is 0 Å². The van der Waals surface area contributed by atoms with Crippen LogP contribution < -0.4 is 26.2 Å². The van der Waals surface area contributed by atoms with Crippen LogP contribution in [0.15, 0.2) is 265 Å². The van der Waals surface area contributed by atoms with Gasteiger partial charge in [-0.1, -0.05) is 222 Å². The largest absolute Gasteiger partial charge is 0.456 e. The summed E-state index contributed by atoms with van der Waals surface area (Å²) >= 11 is 0. The molecule has 15 aromatic rings. The summed E-state index contributed by atoms with van der Waals surface area (Å²) in [5.74, 6) is 0. The molecule has 0 saturated heterocycles. The number of rotatable bonds is 9.